The van der Waals surface area contributed by atoms with Crippen LogP contribution >= 0.6 is 0 Å². The lowest BCUT2D eigenvalue weighted by molar-refractivity contribution is -0.139. The molecule has 0 saturated heterocycles. The van der Waals surface area contributed by atoms with Crippen LogP contribution < -0.4 is 36.1 Å². The smallest absolute Gasteiger partial charge is 0.333 e. The number of hydrogen-bond donors (Lipinski definition) is 3. The second-order valence-electron chi connectivity index (χ2n) is 9.20. The number of nitriles is 4. The minimum atomic E-state index is -2.08. The van der Waals surface area contributed by atoms with Crippen LogP contribution in [0.25, 0.3) is 11.1 Å². The molecule has 13 nitrogen and oxygen atoms in total. The zero-order valence-electron chi connectivity index (χ0n) is 24.9. The molecule has 0 aliphatic heterocycles. The first kappa shape index (κ1) is 35.1. The van der Waals surface area contributed by atoms with Crippen molar-refractivity contribution in [3.05, 3.63) is 83.0 Å². The van der Waals surface area contributed by atoms with Gasteiger partial charge in [-0.3, -0.25) is 17.2 Å². The average Bonchev–Trinajstić information content (AvgIpc) is 3.01. The average molecular weight is 610 g/mol. The maximum absolute atomic E-state index is 11.6. The molecule has 230 valence electrons. The maximum Gasteiger partial charge on any atom is 0.333 e. The highest BCUT2D eigenvalue weighted by Gasteiger charge is 2.20. The van der Waals surface area contributed by atoms with Crippen LogP contribution in [0.1, 0.15) is 24.5 Å². The van der Waals surface area contributed by atoms with Crippen molar-refractivity contribution < 1.29 is 28.5 Å². The van der Waals surface area contributed by atoms with Gasteiger partial charge in [0.05, 0.1) is 27.4 Å². The lowest BCUT2D eigenvalue weighted by atomic mass is 9.91. The molecular formula is C32H31N7O6. The Balaban J connectivity index is 2.78. The lowest BCUT2D eigenvalue weighted by Crippen LogP contribution is -2.62. The number of carbonyl (C=O) groups is 1. The first-order valence-corrected chi connectivity index (χ1v) is 13.1. The highest BCUT2D eigenvalue weighted by atomic mass is 16.6. The highest BCUT2D eigenvalue weighted by molar-refractivity contribution is 6.01. The fourth-order valence-corrected chi connectivity index (χ4v) is 3.70. The van der Waals surface area contributed by atoms with Gasteiger partial charge in [-0.15, -0.1) is 0 Å². The van der Waals surface area contributed by atoms with Crippen molar-refractivity contribution in [3.8, 4) is 47.3 Å². The van der Waals surface area contributed by atoms with E-state index in [1.54, 1.807) is 31.2 Å². The van der Waals surface area contributed by atoms with E-state index in [-0.39, 0.29) is 58.3 Å². The van der Waals surface area contributed by atoms with Crippen molar-refractivity contribution in [2.45, 2.75) is 19.3 Å². The predicted molar refractivity (Wildman–Crippen MR) is 163 cm³/mol. The molecule has 0 aromatic heterocycles. The topological polar surface area (TPSA) is 236 Å². The van der Waals surface area contributed by atoms with Gasteiger partial charge in [-0.05, 0) is 65.6 Å². The summed E-state index contributed by atoms with van der Waals surface area (Å²) in [6, 6.07) is 16.7. The van der Waals surface area contributed by atoms with E-state index in [1.807, 2.05) is 24.3 Å². The Kier molecular flexibility index (Phi) is 12.9. The van der Waals surface area contributed by atoms with Crippen molar-refractivity contribution in [1.29, 1.82) is 21.0 Å². The van der Waals surface area contributed by atoms with Crippen LogP contribution in [0.3, 0.4) is 0 Å². The number of methoxy groups -OCH3 is 2. The Bertz CT molecular complexity index is 1680. The van der Waals surface area contributed by atoms with Gasteiger partial charge in [0, 0.05) is 12.0 Å². The van der Waals surface area contributed by atoms with Gasteiger partial charge in [0.25, 0.3) is 5.97 Å². The van der Waals surface area contributed by atoms with Gasteiger partial charge in [0.2, 0.25) is 0 Å². The Morgan fingerprint density at radius 3 is 1.73 bits per heavy atom. The van der Waals surface area contributed by atoms with Crippen molar-refractivity contribution in [2.24, 2.45) is 17.2 Å². The van der Waals surface area contributed by atoms with Crippen LogP contribution in [-0.4, -0.2) is 39.4 Å². The van der Waals surface area contributed by atoms with E-state index in [9.17, 15) is 25.8 Å². The summed E-state index contributed by atoms with van der Waals surface area (Å²) in [7, 11) is 2.81. The molecule has 0 heterocycles. The maximum atomic E-state index is 11.6. The lowest BCUT2D eigenvalue weighted by Gasteiger charge is -2.22. The highest BCUT2D eigenvalue weighted by Crippen LogP contribution is 2.38. The van der Waals surface area contributed by atoms with Gasteiger partial charge in [0.1, 0.15) is 35.4 Å². The number of nitrogens with zero attached hydrogens (tertiary/aromatic N) is 4. The molecule has 0 aliphatic carbocycles. The number of rotatable bonds is 14. The first-order valence-electron chi connectivity index (χ1n) is 13.1. The summed E-state index contributed by atoms with van der Waals surface area (Å²) in [6.45, 7) is 5.39. The van der Waals surface area contributed by atoms with Crippen LogP contribution in [0.2, 0.25) is 0 Å². The molecule has 0 unspecified atom stereocenters. The van der Waals surface area contributed by atoms with Gasteiger partial charge in [-0.2, -0.15) is 21.0 Å². The van der Waals surface area contributed by atoms with E-state index in [0.29, 0.717) is 23.3 Å². The minimum absolute atomic E-state index is 0.0308. The summed E-state index contributed by atoms with van der Waals surface area (Å²) in [6.07, 6.45) is 2.98. The number of ether oxygens (including phenoxy) is 5. The van der Waals surface area contributed by atoms with E-state index in [2.05, 4.69) is 6.58 Å². The summed E-state index contributed by atoms with van der Waals surface area (Å²) in [5.41, 5.74) is 17.9. The summed E-state index contributed by atoms with van der Waals surface area (Å²) >= 11 is 0. The van der Waals surface area contributed by atoms with Crippen molar-refractivity contribution in [1.82, 2.24) is 0 Å². The van der Waals surface area contributed by atoms with Crippen LogP contribution in [0, 0.1) is 45.3 Å². The largest absolute Gasteiger partial charge is 0.493 e. The molecule has 2 rings (SSSR count). The molecular weight excluding hydrogens is 578 g/mol. The van der Waals surface area contributed by atoms with Gasteiger partial charge in [0.15, 0.2) is 23.0 Å². The second kappa shape index (κ2) is 16.5. The molecule has 6 N–H and O–H groups in total. The molecule has 0 radical (unpaired) electrons. The fraction of sp³-hybridized carbons (Fsp3) is 0.219. The summed E-state index contributed by atoms with van der Waals surface area (Å²) < 4.78 is 27.2. The molecule has 2 aromatic rings. The van der Waals surface area contributed by atoms with E-state index >= 15 is 0 Å². The second-order valence-corrected chi connectivity index (χ2v) is 9.20. The Hall–Kier alpha value is -6.09. The van der Waals surface area contributed by atoms with Crippen molar-refractivity contribution in [2.75, 3.05) is 27.4 Å². The molecule has 2 aromatic carbocycles. The van der Waals surface area contributed by atoms with Crippen LogP contribution in [0.5, 0.6) is 23.0 Å². The Morgan fingerprint density at radius 1 is 0.800 bits per heavy atom. The van der Waals surface area contributed by atoms with Crippen LogP contribution in [0.4, 0.5) is 0 Å². The number of esters is 1. The Labute approximate surface area is 260 Å². The molecule has 0 bridgehead atoms. The third-order valence-electron chi connectivity index (χ3n) is 5.71. The predicted octanol–water partition coefficient (Wildman–Crippen LogP) is 3.32. The molecule has 0 aliphatic rings. The van der Waals surface area contributed by atoms with Gasteiger partial charge in [-0.25, -0.2) is 4.79 Å². The third-order valence-corrected chi connectivity index (χ3v) is 5.71. The van der Waals surface area contributed by atoms with E-state index in [0.717, 1.165) is 0 Å². The molecule has 0 fully saturated rings. The number of carbonyl (C=O) groups excluding carboxylic acids is 1. The molecule has 0 atom stereocenters. The number of hydrogen-bond acceptors (Lipinski definition) is 13. The molecule has 0 saturated carbocycles. The van der Waals surface area contributed by atoms with Crippen molar-refractivity contribution >= 4 is 17.1 Å². The van der Waals surface area contributed by atoms with E-state index in [1.165, 1.54) is 38.5 Å². The normalized spacial score (nSPS) is 10.7. The minimum Gasteiger partial charge on any atom is -0.493 e. The molecule has 0 spiro atoms. The Morgan fingerprint density at radius 2 is 1.29 bits per heavy atom. The first-order chi connectivity index (χ1) is 21.4. The van der Waals surface area contributed by atoms with E-state index in [4.69, 9.17) is 40.9 Å². The quantitative estimate of drug-likeness (QED) is 0.0530. The molecule has 45 heavy (non-hydrogen) atoms. The number of benzene rings is 2. The number of allylic oxidation sites excluding steroid dienone is 6. The number of nitrogens with two attached hydrogens (primary N) is 3. The summed E-state index contributed by atoms with van der Waals surface area (Å²) in [5, 5.41) is 38.4. The van der Waals surface area contributed by atoms with Crippen LogP contribution in [0.15, 0.2) is 71.8 Å². The third kappa shape index (κ3) is 10.3. The SMILES string of the molecule is C=C(C)C(=O)OCCCOc1ccc(/C(C=C(C#N)C#N)=C(\C=C(C#N)C#N)c2ccc(OC)c(OC(N)(N)N)c2)cc1OC. The van der Waals surface area contributed by atoms with Gasteiger partial charge in [-0.1, -0.05) is 18.7 Å². The summed E-state index contributed by atoms with van der Waals surface area (Å²) in [5.74, 6) is -1.68. The molecule has 13 heteroatoms. The van der Waals surface area contributed by atoms with Crippen molar-refractivity contribution in [3.63, 3.8) is 0 Å². The monoisotopic (exact) mass is 609 g/mol. The summed E-state index contributed by atoms with van der Waals surface area (Å²) in [4.78, 5) is 11.6. The van der Waals surface area contributed by atoms with Gasteiger partial charge >= 0.3 is 5.97 Å². The molecule has 0 amide bonds. The zero-order valence-corrected chi connectivity index (χ0v) is 24.9. The van der Waals surface area contributed by atoms with Gasteiger partial charge < -0.3 is 23.7 Å². The van der Waals surface area contributed by atoms with Crippen LogP contribution in [-0.2, 0) is 9.53 Å². The standard InChI is InChI=1S/C32H31N7O6/c1-20(2)31(40)44-11-5-10-43-28-9-7-23(14-29(28)42-4)25(12-21(16-33)17-34)26(13-22(18-35)19-36)24-6-8-27(41-3)30(15-24)45-32(37,38)39/h6-9,12-15H,1,5,10-11,37-39H2,2-4H3/b26-25+. The fourth-order valence-electron chi connectivity index (χ4n) is 3.70. The zero-order chi connectivity index (χ0) is 33.6. The van der Waals surface area contributed by atoms with E-state index < -0.39 is 11.9 Å².